The minimum absolute atomic E-state index is 0.356. The van der Waals surface area contributed by atoms with E-state index in [9.17, 15) is 4.79 Å². The number of fused-ring (bicyclic) bond motifs is 2. The van der Waals surface area contributed by atoms with Crippen LogP contribution in [0.1, 0.15) is 25.5 Å². The maximum atomic E-state index is 11.4. The van der Waals surface area contributed by atoms with E-state index in [-0.39, 0.29) is 5.41 Å². The molecule has 1 unspecified atom stereocenters. The lowest BCUT2D eigenvalue weighted by molar-refractivity contribution is -0.0176. The Kier molecular flexibility index (Phi) is 4.38. The van der Waals surface area contributed by atoms with Crippen LogP contribution in [0.25, 0.3) is 21.9 Å². The van der Waals surface area contributed by atoms with Gasteiger partial charge in [-0.15, -0.1) is 0 Å². The molecule has 1 aliphatic heterocycles. The van der Waals surface area contributed by atoms with Gasteiger partial charge in [-0.1, -0.05) is 44.2 Å². The average molecular weight is 377 g/mol. The van der Waals surface area contributed by atoms with E-state index in [2.05, 4.69) is 18.2 Å². The molecule has 0 spiro atoms. The maximum absolute atomic E-state index is 11.4. The Morgan fingerprint density at radius 3 is 2.46 bits per heavy atom. The van der Waals surface area contributed by atoms with E-state index < -0.39 is 12.2 Å². The van der Waals surface area contributed by atoms with Crippen molar-refractivity contribution in [3.63, 3.8) is 0 Å². The Morgan fingerprint density at radius 2 is 1.71 bits per heavy atom. The zero-order valence-electron chi connectivity index (χ0n) is 16.2. The topological polar surface area (TPSA) is 70.8 Å². The third-order valence-corrected chi connectivity index (χ3v) is 5.22. The van der Waals surface area contributed by atoms with Crippen LogP contribution in [0.2, 0.25) is 0 Å². The third kappa shape index (κ3) is 3.24. The van der Waals surface area contributed by atoms with Crippen molar-refractivity contribution in [1.29, 1.82) is 0 Å². The molecule has 0 bridgehead atoms. The molecule has 0 saturated heterocycles. The summed E-state index contributed by atoms with van der Waals surface area (Å²) in [4.78, 5) is 11.4. The molecule has 5 heteroatoms. The van der Waals surface area contributed by atoms with E-state index in [1.54, 1.807) is 7.11 Å². The maximum Gasteiger partial charge on any atom is 0.405 e. The van der Waals surface area contributed by atoms with Crippen LogP contribution in [0.15, 0.2) is 54.6 Å². The van der Waals surface area contributed by atoms with Gasteiger partial charge in [-0.3, -0.25) is 0 Å². The summed E-state index contributed by atoms with van der Waals surface area (Å²) >= 11 is 0. The van der Waals surface area contributed by atoms with Crippen molar-refractivity contribution in [1.82, 2.24) is 0 Å². The van der Waals surface area contributed by atoms with Crippen molar-refractivity contribution in [3.05, 3.63) is 60.2 Å². The number of carbonyl (C=O) groups is 1. The lowest BCUT2D eigenvalue weighted by Gasteiger charge is -2.38. The number of amides is 1. The Hall–Kier alpha value is -3.21. The van der Waals surface area contributed by atoms with E-state index >= 15 is 0 Å². The van der Waals surface area contributed by atoms with Crippen molar-refractivity contribution < 1.29 is 19.0 Å². The zero-order valence-corrected chi connectivity index (χ0v) is 16.2. The molecule has 1 amide bonds. The molecule has 0 aliphatic carbocycles. The summed E-state index contributed by atoms with van der Waals surface area (Å²) in [6.45, 7) is 4.43. The van der Waals surface area contributed by atoms with E-state index in [1.807, 2.05) is 50.2 Å². The predicted octanol–water partition coefficient (Wildman–Crippen LogP) is 5.07. The SMILES string of the molecule is COc1ccc2cc(-c3ccc4c(c3)OCC(C)(C)C4OC(N)=O)ccc2c1. The molecule has 3 aromatic rings. The summed E-state index contributed by atoms with van der Waals surface area (Å²) in [7, 11) is 1.67. The van der Waals surface area contributed by atoms with Crippen molar-refractivity contribution >= 4 is 16.9 Å². The number of benzene rings is 3. The van der Waals surface area contributed by atoms with Crippen LogP contribution in [0.5, 0.6) is 11.5 Å². The van der Waals surface area contributed by atoms with Gasteiger partial charge in [0, 0.05) is 11.0 Å². The summed E-state index contributed by atoms with van der Waals surface area (Å²) < 4.78 is 16.7. The van der Waals surface area contributed by atoms with Gasteiger partial charge in [0.25, 0.3) is 0 Å². The quantitative estimate of drug-likeness (QED) is 0.692. The Morgan fingerprint density at radius 1 is 1.04 bits per heavy atom. The zero-order chi connectivity index (χ0) is 19.9. The first kappa shape index (κ1) is 18.2. The highest BCUT2D eigenvalue weighted by Crippen LogP contribution is 2.46. The van der Waals surface area contributed by atoms with Crippen LogP contribution in [-0.2, 0) is 4.74 Å². The third-order valence-electron chi connectivity index (χ3n) is 5.22. The van der Waals surface area contributed by atoms with Crippen LogP contribution in [0.4, 0.5) is 4.79 Å². The number of hydrogen-bond donors (Lipinski definition) is 1. The molecule has 0 saturated carbocycles. The van der Waals surface area contributed by atoms with Crippen LogP contribution in [0, 0.1) is 5.41 Å². The van der Waals surface area contributed by atoms with E-state index in [4.69, 9.17) is 19.9 Å². The molecule has 2 N–H and O–H groups in total. The Bertz CT molecular complexity index is 1060. The fraction of sp³-hybridized carbons (Fsp3) is 0.261. The number of rotatable bonds is 3. The molecule has 144 valence electrons. The predicted molar refractivity (Wildman–Crippen MR) is 109 cm³/mol. The van der Waals surface area contributed by atoms with Gasteiger partial charge in [-0.2, -0.15) is 0 Å². The summed E-state index contributed by atoms with van der Waals surface area (Å²) in [5, 5.41) is 2.25. The van der Waals surface area contributed by atoms with Crippen molar-refractivity contribution in [2.24, 2.45) is 11.1 Å². The molecule has 5 nitrogen and oxygen atoms in total. The monoisotopic (exact) mass is 377 g/mol. The molecular weight excluding hydrogens is 354 g/mol. The lowest BCUT2D eigenvalue weighted by Crippen LogP contribution is -2.37. The smallest absolute Gasteiger partial charge is 0.405 e. The van der Waals surface area contributed by atoms with Crippen LogP contribution < -0.4 is 15.2 Å². The standard InChI is InChI=1S/C23H23NO4/c1-23(2)13-27-20-12-17(7-9-19(20)21(23)28-22(24)25)14-4-5-16-11-18(26-3)8-6-15(16)10-14/h4-12,21H,13H2,1-3H3,(H2,24,25). The number of methoxy groups -OCH3 is 1. The van der Waals surface area contributed by atoms with Crippen LogP contribution in [-0.4, -0.2) is 19.8 Å². The number of carbonyl (C=O) groups excluding carboxylic acids is 1. The molecule has 1 aliphatic rings. The Labute approximate surface area is 164 Å². The molecule has 0 aromatic heterocycles. The lowest BCUT2D eigenvalue weighted by atomic mass is 9.80. The van der Waals surface area contributed by atoms with E-state index in [0.717, 1.165) is 39.0 Å². The molecule has 0 fully saturated rings. The first-order chi connectivity index (χ1) is 13.4. The highest BCUT2D eigenvalue weighted by atomic mass is 16.6. The molecule has 1 atom stereocenters. The van der Waals surface area contributed by atoms with Gasteiger partial charge in [-0.05, 0) is 46.2 Å². The normalized spacial score (nSPS) is 17.5. The number of hydrogen-bond acceptors (Lipinski definition) is 4. The van der Waals surface area contributed by atoms with Crippen molar-refractivity contribution in [2.45, 2.75) is 20.0 Å². The number of nitrogens with two attached hydrogens (primary N) is 1. The molecule has 1 heterocycles. The van der Waals surface area contributed by atoms with E-state index in [0.29, 0.717) is 6.61 Å². The van der Waals surface area contributed by atoms with Gasteiger partial charge in [-0.25, -0.2) is 4.79 Å². The molecule has 28 heavy (non-hydrogen) atoms. The molecular formula is C23H23NO4. The van der Waals surface area contributed by atoms with Crippen LogP contribution in [0.3, 0.4) is 0 Å². The average Bonchev–Trinajstić information content (AvgIpc) is 2.69. The summed E-state index contributed by atoms with van der Waals surface area (Å²) in [6, 6.07) is 18.3. The van der Waals surface area contributed by atoms with Gasteiger partial charge in [0.05, 0.1) is 13.7 Å². The second-order valence-electron chi connectivity index (χ2n) is 7.77. The first-order valence-electron chi connectivity index (χ1n) is 9.18. The summed E-state index contributed by atoms with van der Waals surface area (Å²) in [6.07, 6.45) is -1.22. The minimum atomic E-state index is -0.778. The van der Waals surface area contributed by atoms with Gasteiger partial charge >= 0.3 is 6.09 Å². The van der Waals surface area contributed by atoms with Crippen LogP contribution >= 0.6 is 0 Å². The Balaban J connectivity index is 1.73. The second kappa shape index (κ2) is 6.75. The summed E-state index contributed by atoms with van der Waals surface area (Å²) in [5.41, 5.74) is 7.89. The molecule has 4 rings (SSSR count). The van der Waals surface area contributed by atoms with Crippen molar-refractivity contribution in [2.75, 3.05) is 13.7 Å². The highest BCUT2D eigenvalue weighted by Gasteiger charge is 2.40. The fourth-order valence-electron chi connectivity index (χ4n) is 3.69. The minimum Gasteiger partial charge on any atom is -0.497 e. The first-order valence-corrected chi connectivity index (χ1v) is 9.18. The summed E-state index contributed by atoms with van der Waals surface area (Å²) in [5.74, 6) is 1.56. The van der Waals surface area contributed by atoms with E-state index in [1.165, 1.54) is 0 Å². The van der Waals surface area contributed by atoms with Crippen molar-refractivity contribution in [3.8, 4) is 22.6 Å². The second-order valence-corrected chi connectivity index (χ2v) is 7.77. The van der Waals surface area contributed by atoms with Gasteiger partial charge in [0.1, 0.15) is 17.6 Å². The number of primary amides is 1. The van der Waals surface area contributed by atoms with Gasteiger partial charge in [0.2, 0.25) is 0 Å². The molecule has 3 aromatic carbocycles. The number of ether oxygens (including phenoxy) is 3. The largest absolute Gasteiger partial charge is 0.497 e. The highest BCUT2D eigenvalue weighted by molar-refractivity contribution is 5.88. The van der Waals surface area contributed by atoms with Gasteiger partial charge in [0.15, 0.2) is 0 Å². The molecule has 0 radical (unpaired) electrons. The van der Waals surface area contributed by atoms with Gasteiger partial charge < -0.3 is 19.9 Å². The fourth-order valence-corrected chi connectivity index (χ4v) is 3.69.